The van der Waals surface area contributed by atoms with E-state index in [1.54, 1.807) is 17.1 Å². The lowest BCUT2D eigenvalue weighted by atomic mass is 9.94. The first kappa shape index (κ1) is 21.9. The molecule has 2 N–H and O–H groups in total. The smallest absolute Gasteiger partial charge is 0.224 e. The van der Waals surface area contributed by atoms with Gasteiger partial charge < -0.3 is 5.32 Å². The van der Waals surface area contributed by atoms with Crippen molar-refractivity contribution < 1.29 is 8.42 Å². The maximum atomic E-state index is 12.7. The van der Waals surface area contributed by atoms with Crippen LogP contribution in [0.15, 0.2) is 47.3 Å². The monoisotopic (exact) mass is 541 g/mol. The van der Waals surface area contributed by atoms with Crippen LogP contribution in [0, 0.1) is 0 Å². The summed E-state index contributed by atoms with van der Waals surface area (Å²) in [6.45, 7) is 0. The van der Waals surface area contributed by atoms with Crippen LogP contribution in [0.5, 0.6) is 0 Å². The lowest BCUT2D eigenvalue weighted by molar-refractivity contribution is 0.381. The van der Waals surface area contributed by atoms with Gasteiger partial charge in [0.1, 0.15) is 4.60 Å². The Balaban J connectivity index is 1.24. The minimum Gasteiger partial charge on any atom is -0.351 e. The van der Waals surface area contributed by atoms with E-state index in [1.807, 2.05) is 30.3 Å². The van der Waals surface area contributed by atoms with Gasteiger partial charge in [-0.05, 0) is 72.3 Å². The third-order valence-electron chi connectivity index (χ3n) is 6.80. The van der Waals surface area contributed by atoms with Crippen LogP contribution in [0.3, 0.4) is 0 Å². The predicted molar refractivity (Wildman–Crippen MR) is 134 cm³/mol. The molecular formula is C23H24BrN7O2S. The third kappa shape index (κ3) is 4.05. The number of hydrogen-bond acceptors (Lipinski definition) is 7. The largest absolute Gasteiger partial charge is 0.351 e. The summed E-state index contributed by atoms with van der Waals surface area (Å²) in [6.07, 6.45) is 8.44. The van der Waals surface area contributed by atoms with Crippen LogP contribution in [-0.4, -0.2) is 50.5 Å². The van der Waals surface area contributed by atoms with Gasteiger partial charge in [-0.1, -0.05) is 12.5 Å². The van der Waals surface area contributed by atoms with Crippen molar-refractivity contribution in [2.45, 2.75) is 55.9 Å². The molecule has 0 saturated heterocycles. The third-order valence-corrected chi connectivity index (χ3v) is 9.36. The molecule has 9 nitrogen and oxygen atoms in total. The van der Waals surface area contributed by atoms with Crippen molar-refractivity contribution in [1.29, 1.82) is 0 Å². The summed E-state index contributed by atoms with van der Waals surface area (Å²) in [5.41, 5.74) is 2.45. The topological polar surface area (TPSA) is 115 Å². The molecule has 3 heterocycles. The maximum Gasteiger partial charge on any atom is 0.224 e. The normalized spacial score (nSPS) is 21.2. The Morgan fingerprint density at radius 1 is 1.06 bits per heavy atom. The molecule has 11 heteroatoms. The fraction of sp³-hybridized carbons (Fsp3) is 0.391. The van der Waals surface area contributed by atoms with Crippen molar-refractivity contribution in [1.82, 2.24) is 29.5 Å². The van der Waals surface area contributed by atoms with E-state index in [0.29, 0.717) is 29.0 Å². The molecule has 0 aliphatic heterocycles. The minimum absolute atomic E-state index is 0.00645. The number of pyridine rings is 1. The number of nitrogens with zero attached hydrogens (tertiary/aromatic N) is 5. The van der Waals surface area contributed by atoms with E-state index in [-0.39, 0.29) is 17.3 Å². The molecule has 0 spiro atoms. The zero-order valence-electron chi connectivity index (χ0n) is 18.4. The summed E-state index contributed by atoms with van der Waals surface area (Å²) < 4.78 is 30.7. The Bertz CT molecular complexity index is 1490. The van der Waals surface area contributed by atoms with E-state index < -0.39 is 10.0 Å². The molecule has 2 aliphatic carbocycles. The van der Waals surface area contributed by atoms with Gasteiger partial charge in [-0.3, -0.25) is 4.98 Å². The second-order valence-electron chi connectivity index (χ2n) is 9.08. The Morgan fingerprint density at radius 3 is 2.76 bits per heavy atom. The second-order valence-corrected chi connectivity index (χ2v) is 11.8. The molecule has 2 atom stereocenters. The number of fused-ring (bicyclic) bond motifs is 2. The summed E-state index contributed by atoms with van der Waals surface area (Å²) in [7, 11) is -3.29. The molecule has 176 valence electrons. The van der Waals surface area contributed by atoms with Gasteiger partial charge in [-0.25, -0.2) is 22.8 Å². The first-order chi connectivity index (χ1) is 16.5. The number of benzene rings is 1. The van der Waals surface area contributed by atoms with Crippen LogP contribution >= 0.6 is 15.9 Å². The summed E-state index contributed by atoms with van der Waals surface area (Å²) in [6, 6.07) is 9.99. The summed E-state index contributed by atoms with van der Waals surface area (Å²) in [5, 5.41) is 9.41. The van der Waals surface area contributed by atoms with Gasteiger partial charge in [0, 0.05) is 29.9 Å². The van der Waals surface area contributed by atoms with E-state index in [4.69, 9.17) is 4.98 Å². The van der Waals surface area contributed by atoms with Gasteiger partial charge in [-0.2, -0.15) is 10.1 Å². The molecule has 2 fully saturated rings. The second kappa shape index (κ2) is 8.54. The lowest BCUT2D eigenvalue weighted by Gasteiger charge is -2.27. The van der Waals surface area contributed by atoms with E-state index >= 15 is 0 Å². The summed E-state index contributed by atoms with van der Waals surface area (Å²) in [5.74, 6) is 0.471. The Labute approximate surface area is 205 Å². The lowest BCUT2D eigenvalue weighted by Crippen LogP contribution is -2.43. The highest BCUT2D eigenvalue weighted by Crippen LogP contribution is 2.30. The van der Waals surface area contributed by atoms with Crippen LogP contribution in [0.4, 0.5) is 5.95 Å². The molecule has 4 aromatic rings. The zero-order chi connectivity index (χ0) is 23.3. The van der Waals surface area contributed by atoms with Crippen LogP contribution in [0.25, 0.3) is 27.6 Å². The molecule has 2 aliphatic rings. The van der Waals surface area contributed by atoms with Crippen molar-refractivity contribution in [3.05, 3.63) is 47.3 Å². The van der Waals surface area contributed by atoms with E-state index in [0.717, 1.165) is 47.7 Å². The Kier molecular flexibility index (Phi) is 5.50. The molecule has 3 aromatic heterocycles. The number of halogens is 1. The highest BCUT2D eigenvalue weighted by atomic mass is 79.9. The standard InChI is InChI=1S/C23H24BrN7O2S/c24-21-19-13-26-23(27-16-6-8-18(12-16)34(32,33)30-15-4-1-5-15)28-22(19)31(29-21)17-7-9-20-14(11-17)3-2-10-25-20/h2-3,7,9-11,13,15-16,18,30H,1,4-6,8,12H2,(H,26,27,28)/t16-,18-/m1/s1. The predicted octanol–water partition coefficient (Wildman–Crippen LogP) is 3.93. The number of anilines is 1. The first-order valence-electron chi connectivity index (χ1n) is 11.5. The molecule has 0 unspecified atom stereocenters. The fourth-order valence-corrected chi connectivity index (χ4v) is 6.97. The number of hydrogen-bond donors (Lipinski definition) is 2. The van der Waals surface area contributed by atoms with Crippen LogP contribution < -0.4 is 10.0 Å². The molecule has 1 aromatic carbocycles. The number of rotatable bonds is 6. The van der Waals surface area contributed by atoms with Gasteiger partial charge in [0.15, 0.2) is 5.65 Å². The molecule has 34 heavy (non-hydrogen) atoms. The average Bonchev–Trinajstić information content (AvgIpc) is 3.41. The molecule has 0 bridgehead atoms. The van der Waals surface area contributed by atoms with Gasteiger partial charge >= 0.3 is 0 Å². The van der Waals surface area contributed by atoms with Gasteiger partial charge in [0.2, 0.25) is 16.0 Å². The SMILES string of the molecule is O=S(=O)(NC1CCC1)[C@@H]1CC[C@@H](Nc2ncc3c(Br)nn(-c4ccc5ncccc5c4)c3n2)C1. The van der Waals surface area contributed by atoms with Crippen LogP contribution in [0.2, 0.25) is 0 Å². The van der Waals surface area contributed by atoms with Crippen LogP contribution in [0.1, 0.15) is 38.5 Å². The molecule has 0 radical (unpaired) electrons. The molecule has 0 amide bonds. The van der Waals surface area contributed by atoms with E-state index in [9.17, 15) is 8.42 Å². The Morgan fingerprint density at radius 2 is 1.94 bits per heavy atom. The van der Waals surface area contributed by atoms with Gasteiger partial charge in [0.25, 0.3) is 0 Å². The van der Waals surface area contributed by atoms with Crippen molar-refractivity contribution in [2.75, 3.05) is 5.32 Å². The summed E-state index contributed by atoms with van der Waals surface area (Å²) in [4.78, 5) is 13.6. The Hall–Kier alpha value is -2.63. The van der Waals surface area contributed by atoms with Gasteiger partial charge in [-0.15, -0.1) is 0 Å². The summed E-state index contributed by atoms with van der Waals surface area (Å²) >= 11 is 3.52. The van der Waals surface area contributed by atoms with Crippen molar-refractivity contribution in [3.63, 3.8) is 0 Å². The quantitative estimate of drug-likeness (QED) is 0.380. The minimum atomic E-state index is -3.29. The van der Waals surface area contributed by atoms with Crippen LogP contribution in [-0.2, 0) is 10.0 Å². The van der Waals surface area contributed by atoms with Crippen molar-refractivity contribution in [2.24, 2.45) is 0 Å². The van der Waals surface area contributed by atoms with E-state index in [2.05, 4.69) is 41.0 Å². The van der Waals surface area contributed by atoms with Gasteiger partial charge in [0.05, 0.1) is 21.8 Å². The highest BCUT2D eigenvalue weighted by molar-refractivity contribution is 9.10. The zero-order valence-corrected chi connectivity index (χ0v) is 20.8. The first-order valence-corrected chi connectivity index (χ1v) is 13.8. The number of sulfonamides is 1. The maximum absolute atomic E-state index is 12.7. The molecule has 6 rings (SSSR count). The molecular weight excluding hydrogens is 518 g/mol. The van der Waals surface area contributed by atoms with Crippen molar-refractivity contribution in [3.8, 4) is 5.69 Å². The molecule has 2 saturated carbocycles. The van der Waals surface area contributed by atoms with E-state index in [1.165, 1.54) is 0 Å². The number of aromatic nitrogens is 5. The fourth-order valence-electron chi connectivity index (χ4n) is 4.70. The number of nitrogens with one attached hydrogen (secondary N) is 2. The van der Waals surface area contributed by atoms with Crippen molar-refractivity contribution >= 4 is 53.8 Å². The highest BCUT2D eigenvalue weighted by Gasteiger charge is 2.36. The average molecular weight is 542 g/mol.